The number of methoxy groups -OCH3 is 2. The van der Waals surface area contributed by atoms with Crippen molar-refractivity contribution in [1.82, 2.24) is 0 Å². The molecule has 1 aromatic rings. The maximum Gasteiger partial charge on any atom is 0.207 e. The van der Waals surface area contributed by atoms with Crippen LogP contribution >= 0.6 is 0 Å². The molecule has 23 heavy (non-hydrogen) atoms. The minimum absolute atomic E-state index is 0.0111. The van der Waals surface area contributed by atoms with E-state index < -0.39 is 0 Å². The van der Waals surface area contributed by atoms with Crippen molar-refractivity contribution in [3.63, 3.8) is 0 Å². The van der Waals surface area contributed by atoms with Crippen LogP contribution in [0.15, 0.2) is 29.4 Å². The molecule has 128 valence electrons. The Morgan fingerprint density at radius 1 is 1.04 bits per heavy atom. The quantitative estimate of drug-likeness (QED) is 0.536. The van der Waals surface area contributed by atoms with Crippen LogP contribution in [0.5, 0.6) is 23.0 Å². The molecule has 0 aliphatic heterocycles. The number of ether oxygens (including phenoxy) is 2. The second-order valence-electron chi connectivity index (χ2n) is 5.69. The molecule has 0 amide bonds. The molecule has 0 fully saturated rings. The molecule has 0 heterocycles. The summed E-state index contributed by atoms with van der Waals surface area (Å²) in [6, 6.07) is 1.52. The molecule has 0 aromatic heterocycles. The molecule has 4 heteroatoms. The average Bonchev–Trinajstić information content (AvgIpc) is 2.50. The van der Waals surface area contributed by atoms with Crippen molar-refractivity contribution < 1.29 is 19.7 Å². The topological polar surface area (TPSA) is 58.9 Å². The van der Waals surface area contributed by atoms with Crippen molar-refractivity contribution >= 4 is 0 Å². The minimum atomic E-state index is -0.0355. The summed E-state index contributed by atoms with van der Waals surface area (Å²) in [5, 5.41) is 20.3. The van der Waals surface area contributed by atoms with E-state index in [1.807, 2.05) is 6.92 Å². The van der Waals surface area contributed by atoms with E-state index in [2.05, 4.69) is 26.0 Å². The molecule has 0 bridgehead atoms. The second-order valence-corrected chi connectivity index (χ2v) is 5.69. The second kappa shape index (κ2) is 9.13. The van der Waals surface area contributed by atoms with Gasteiger partial charge in [-0.3, -0.25) is 0 Å². The average molecular weight is 320 g/mol. The van der Waals surface area contributed by atoms with Gasteiger partial charge in [-0.1, -0.05) is 30.2 Å². The minimum Gasteiger partial charge on any atom is -0.504 e. The number of rotatable bonds is 8. The van der Waals surface area contributed by atoms with E-state index >= 15 is 0 Å². The molecule has 0 unspecified atom stereocenters. The summed E-state index contributed by atoms with van der Waals surface area (Å²) in [5.74, 6) is 0.288. The summed E-state index contributed by atoms with van der Waals surface area (Å²) in [5.41, 5.74) is 3.15. The monoisotopic (exact) mass is 320 g/mol. The van der Waals surface area contributed by atoms with E-state index in [-0.39, 0.29) is 23.0 Å². The predicted octanol–water partition coefficient (Wildman–Crippen LogP) is 4.74. The van der Waals surface area contributed by atoms with Gasteiger partial charge in [-0.15, -0.1) is 0 Å². The Balaban J connectivity index is 2.88. The third-order valence-corrected chi connectivity index (χ3v) is 3.73. The molecule has 0 saturated carbocycles. The van der Waals surface area contributed by atoms with Crippen molar-refractivity contribution in [1.29, 1.82) is 0 Å². The Bertz CT molecular complexity index is 586. The van der Waals surface area contributed by atoms with Gasteiger partial charge in [0, 0.05) is 5.56 Å². The summed E-state index contributed by atoms with van der Waals surface area (Å²) >= 11 is 0. The van der Waals surface area contributed by atoms with Gasteiger partial charge in [-0.2, -0.15) is 0 Å². The van der Waals surface area contributed by atoms with Crippen LogP contribution in [0, 0.1) is 0 Å². The zero-order valence-corrected chi connectivity index (χ0v) is 14.8. The lowest BCUT2D eigenvalue weighted by Gasteiger charge is -2.14. The van der Waals surface area contributed by atoms with E-state index in [1.165, 1.54) is 25.9 Å². The first-order chi connectivity index (χ1) is 10.9. The van der Waals surface area contributed by atoms with Gasteiger partial charge < -0.3 is 19.7 Å². The lowest BCUT2D eigenvalue weighted by molar-refractivity contribution is 0.315. The number of phenolic OH excluding ortho intramolecular Hbond substituents is 2. The number of aromatic hydroxyl groups is 2. The fourth-order valence-electron chi connectivity index (χ4n) is 2.56. The van der Waals surface area contributed by atoms with Crippen LogP contribution in [-0.2, 0) is 6.42 Å². The highest BCUT2D eigenvalue weighted by Gasteiger charge is 2.19. The third kappa shape index (κ3) is 5.23. The molecule has 0 aliphatic rings. The Labute approximate surface area is 139 Å². The standard InChI is InChI=1S/C19H28O4/c1-6-8-13(2)9-7-10-14(3)11-15-12-16(20)18(22-4)19(23-5)17(15)21/h8,10,12,20-21H,6-7,9,11H2,1-5H3/b13-8+,14-10+. The lowest BCUT2D eigenvalue weighted by Crippen LogP contribution is -1.96. The van der Waals surface area contributed by atoms with Gasteiger partial charge in [0.1, 0.15) is 0 Å². The van der Waals surface area contributed by atoms with Gasteiger partial charge in [-0.25, -0.2) is 0 Å². The normalized spacial score (nSPS) is 12.4. The smallest absolute Gasteiger partial charge is 0.207 e. The van der Waals surface area contributed by atoms with E-state index in [1.54, 1.807) is 0 Å². The van der Waals surface area contributed by atoms with Gasteiger partial charge >= 0.3 is 0 Å². The number of hydrogen-bond acceptors (Lipinski definition) is 4. The van der Waals surface area contributed by atoms with E-state index in [9.17, 15) is 10.2 Å². The van der Waals surface area contributed by atoms with Crippen molar-refractivity contribution in [2.24, 2.45) is 0 Å². The van der Waals surface area contributed by atoms with Crippen LogP contribution in [0.3, 0.4) is 0 Å². The Morgan fingerprint density at radius 3 is 2.26 bits per heavy atom. The van der Waals surface area contributed by atoms with Crippen LogP contribution in [0.1, 0.15) is 45.6 Å². The first-order valence-electron chi connectivity index (χ1n) is 7.91. The molecule has 1 rings (SSSR count). The fourth-order valence-corrected chi connectivity index (χ4v) is 2.56. The maximum absolute atomic E-state index is 10.3. The first-order valence-corrected chi connectivity index (χ1v) is 7.91. The van der Waals surface area contributed by atoms with Crippen molar-refractivity contribution in [3.05, 3.63) is 34.9 Å². The summed E-state index contributed by atoms with van der Waals surface area (Å²) in [4.78, 5) is 0. The molecule has 0 radical (unpaired) electrons. The van der Waals surface area contributed by atoms with E-state index in [4.69, 9.17) is 9.47 Å². The fraction of sp³-hybridized carbons (Fsp3) is 0.474. The largest absolute Gasteiger partial charge is 0.504 e. The summed E-state index contributed by atoms with van der Waals surface area (Å²) in [6.45, 7) is 6.30. The molecule has 4 nitrogen and oxygen atoms in total. The molecule has 0 aliphatic carbocycles. The third-order valence-electron chi connectivity index (χ3n) is 3.73. The molecule has 1 aromatic carbocycles. The molecular weight excluding hydrogens is 292 g/mol. The summed E-state index contributed by atoms with van der Waals surface area (Å²) < 4.78 is 10.2. The first kappa shape index (κ1) is 18.9. The number of hydrogen-bond donors (Lipinski definition) is 2. The van der Waals surface area contributed by atoms with Gasteiger partial charge in [0.15, 0.2) is 11.5 Å². The van der Waals surface area contributed by atoms with Crippen LogP contribution < -0.4 is 9.47 Å². The maximum atomic E-state index is 10.3. The Hall–Kier alpha value is -2.10. The highest BCUT2D eigenvalue weighted by Crippen LogP contribution is 2.45. The highest BCUT2D eigenvalue weighted by molar-refractivity contribution is 5.62. The van der Waals surface area contributed by atoms with Gasteiger partial charge in [0.25, 0.3) is 0 Å². The SMILES string of the molecule is CC/C=C(\C)CC/C=C(\C)Cc1cc(O)c(OC)c(OC)c1O. The molecule has 0 saturated heterocycles. The number of benzene rings is 1. The van der Waals surface area contributed by atoms with Crippen molar-refractivity contribution in [3.8, 4) is 23.0 Å². The van der Waals surface area contributed by atoms with E-state index in [0.29, 0.717) is 12.0 Å². The summed E-state index contributed by atoms with van der Waals surface area (Å²) in [7, 11) is 2.86. The Kier molecular flexibility index (Phi) is 7.52. The van der Waals surface area contributed by atoms with Crippen molar-refractivity contribution in [2.75, 3.05) is 14.2 Å². The number of phenols is 2. The van der Waals surface area contributed by atoms with Gasteiger partial charge in [0.05, 0.1) is 14.2 Å². The molecule has 2 N–H and O–H groups in total. The molecule has 0 spiro atoms. The van der Waals surface area contributed by atoms with E-state index in [0.717, 1.165) is 24.8 Å². The molecule has 0 atom stereocenters. The Morgan fingerprint density at radius 2 is 1.70 bits per heavy atom. The lowest BCUT2D eigenvalue weighted by atomic mass is 10.0. The van der Waals surface area contributed by atoms with Crippen LogP contribution in [-0.4, -0.2) is 24.4 Å². The van der Waals surface area contributed by atoms with Gasteiger partial charge in [0.2, 0.25) is 11.5 Å². The molecular formula is C19H28O4. The zero-order valence-electron chi connectivity index (χ0n) is 14.8. The summed E-state index contributed by atoms with van der Waals surface area (Å²) in [6.07, 6.45) is 8.02. The van der Waals surface area contributed by atoms with Crippen LogP contribution in [0.4, 0.5) is 0 Å². The van der Waals surface area contributed by atoms with Crippen LogP contribution in [0.25, 0.3) is 0 Å². The van der Waals surface area contributed by atoms with Crippen LogP contribution in [0.2, 0.25) is 0 Å². The van der Waals surface area contributed by atoms with Crippen molar-refractivity contribution in [2.45, 2.75) is 46.5 Å². The zero-order chi connectivity index (χ0) is 17.4. The predicted molar refractivity (Wildman–Crippen MR) is 93.6 cm³/mol. The van der Waals surface area contributed by atoms with Gasteiger partial charge in [-0.05, 0) is 45.6 Å². The number of allylic oxidation sites excluding steroid dienone is 4. The highest BCUT2D eigenvalue weighted by atomic mass is 16.5.